The minimum atomic E-state index is -4.56. The first-order valence-corrected chi connectivity index (χ1v) is 7.72. The lowest BCUT2D eigenvalue weighted by Gasteiger charge is -2.12. The highest BCUT2D eigenvalue weighted by atomic mass is 32.1. The second kappa shape index (κ2) is 6.12. The largest absolute Gasteiger partial charge is 0.449 e. The van der Waals surface area contributed by atoms with Crippen molar-refractivity contribution >= 4 is 22.9 Å². The number of hydrogen-bond acceptors (Lipinski definition) is 4. The minimum absolute atomic E-state index is 0.0902. The van der Waals surface area contributed by atoms with Gasteiger partial charge in [-0.2, -0.15) is 13.2 Å². The van der Waals surface area contributed by atoms with Crippen LogP contribution in [-0.4, -0.2) is 10.9 Å². The fraction of sp³-hybridized carbons (Fsp3) is 0.125. The summed E-state index contributed by atoms with van der Waals surface area (Å²) in [5.74, 6) is -0.467. The van der Waals surface area contributed by atoms with Crippen molar-refractivity contribution in [1.82, 2.24) is 4.98 Å². The van der Waals surface area contributed by atoms with Crippen molar-refractivity contribution in [2.45, 2.75) is 13.1 Å². The van der Waals surface area contributed by atoms with Gasteiger partial charge in [-0.05, 0) is 31.2 Å². The maximum Gasteiger partial charge on any atom is 0.418 e. The number of halogens is 3. The summed E-state index contributed by atoms with van der Waals surface area (Å²) >= 11 is 1.43. The van der Waals surface area contributed by atoms with Gasteiger partial charge >= 0.3 is 6.18 Å². The Labute approximate surface area is 139 Å². The van der Waals surface area contributed by atoms with Crippen molar-refractivity contribution < 1.29 is 22.4 Å². The average Bonchev–Trinajstić information content (AvgIpc) is 3.15. The lowest BCUT2D eigenvalue weighted by Crippen LogP contribution is -2.16. The van der Waals surface area contributed by atoms with Gasteiger partial charge in [0, 0.05) is 5.38 Å². The molecule has 0 bridgehead atoms. The van der Waals surface area contributed by atoms with Gasteiger partial charge in [0.05, 0.1) is 16.3 Å². The van der Waals surface area contributed by atoms with Crippen LogP contribution in [0.5, 0.6) is 0 Å². The van der Waals surface area contributed by atoms with Crippen LogP contribution < -0.4 is 5.32 Å². The van der Waals surface area contributed by atoms with Crippen LogP contribution in [0.1, 0.15) is 21.1 Å². The van der Waals surface area contributed by atoms with Crippen molar-refractivity contribution in [2.75, 3.05) is 5.32 Å². The molecule has 3 rings (SSSR count). The average molecular weight is 352 g/mol. The van der Waals surface area contributed by atoms with Crippen molar-refractivity contribution in [1.29, 1.82) is 0 Å². The molecule has 0 saturated carbocycles. The molecule has 0 saturated heterocycles. The molecule has 8 heteroatoms. The number of nitrogens with zero attached hydrogens (tertiary/aromatic N) is 1. The molecule has 24 heavy (non-hydrogen) atoms. The number of benzene rings is 1. The van der Waals surface area contributed by atoms with Gasteiger partial charge in [0.15, 0.2) is 11.5 Å². The summed E-state index contributed by atoms with van der Waals surface area (Å²) in [6.45, 7) is 1.83. The van der Waals surface area contributed by atoms with E-state index in [9.17, 15) is 18.0 Å². The molecular formula is C16H11F3N2O2S. The van der Waals surface area contributed by atoms with Crippen LogP contribution in [0, 0.1) is 6.92 Å². The molecule has 2 heterocycles. The monoisotopic (exact) mass is 352 g/mol. The van der Waals surface area contributed by atoms with E-state index in [1.54, 1.807) is 11.4 Å². The topological polar surface area (TPSA) is 55.1 Å². The van der Waals surface area contributed by atoms with Crippen LogP contribution in [0.4, 0.5) is 18.9 Å². The molecule has 1 aromatic carbocycles. The predicted octanol–water partition coefficient (Wildman–Crippen LogP) is 4.98. The van der Waals surface area contributed by atoms with Gasteiger partial charge < -0.3 is 9.73 Å². The number of carbonyl (C=O) groups excluding carboxylic acids is 1. The van der Waals surface area contributed by atoms with Crippen molar-refractivity contribution in [3.8, 4) is 11.5 Å². The van der Waals surface area contributed by atoms with E-state index in [1.807, 2.05) is 6.92 Å². The standard InChI is InChI=1S/C16H11F3N2O2S/c1-9-20-12(8-24-9)13-6-7-14(23-13)15(22)21-11-5-3-2-4-10(11)16(17,18)19/h2-8H,1H3,(H,21,22). The maximum atomic E-state index is 12.9. The fourth-order valence-electron chi connectivity index (χ4n) is 2.10. The molecule has 0 aliphatic heterocycles. The van der Waals surface area contributed by atoms with E-state index in [1.165, 1.54) is 35.6 Å². The van der Waals surface area contributed by atoms with Crippen LogP contribution >= 0.6 is 11.3 Å². The van der Waals surface area contributed by atoms with Crippen LogP contribution in [0.25, 0.3) is 11.5 Å². The number of alkyl halides is 3. The lowest BCUT2D eigenvalue weighted by molar-refractivity contribution is -0.136. The van der Waals surface area contributed by atoms with E-state index in [4.69, 9.17) is 4.42 Å². The van der Waals surface area contributed by atoms with Gasteiger partial charge in [0.2, 0.25) is 0 Å². The SMILES string of the molecule is Cc1nc(-c2ccc(C(=O)Nc3ccccc3C(F)(F)F)o2)cs1. The third-order valence-corrected chi connectivity index (χ3v) is 3.96. The summed E-state index contributed by atoms with van der Waals surface area (Å²) in [5.41, 5.74) is -0.662. The summed E-state index contributed by atoms with van der Waals surface area (Å²) < 4.78 is 44.2. The zero-order valence-electron chi connectivity index (χ0n) is 12.3. The Kier molecular flexibility index (Phi) is 4.15. The van der Waals surface area contributed by atoms with Crippen molar-refractivity contribution in [3.05, 3.63) is 58.1 Å². The number of carbonyl (C=O) groups is 1. The number of para-hydroxylation sites is 1. The molecule has 0 unspecified atom stereocenters. The highest BCUT2D eigenvalue weighted by Crippen LogP contribution is 2.35. The van der Waals surface area contributed by atoms with Gasteiger partial charge in [0.25, 0.3) is 5.91 Å². The summed E-state index contributed by atoms with van der Waals surface area (Å²) in [4.78, 5) is 16.4. The minimum Gasteiger partial charge on any atom is -0.449 e. The first-order valence-electron chi connectivity index (χ1n) is 6.84. The molecule has 0 aliphatic rings. The second-order valence-corrected chi connectivity index (χ2v) is 5.98. The molecule has 4 nitrogen and oxygen atoms in total. The zero-order chi connectivity index (χ0) is 17.3. The smallest absolute Gasteiger partial charge is 0.418 e. The number of amides is 1. The van der Waals surface area contributed by atoms with E-state index in [0.717, 1.165) is 11.1 Å². The number of anilines is 1. The molecular weight excluding hydrogens is 341 g/mol. The van der Waals surface area contributed by atoms with Crippen LogP contribution in [0.3, 0.4) is 0 Å². The number of aromatic nitrogens is 1. The van der Waals surface area contributed by atoms with Crippen molar-refractivity contribution in [2.24, 2.45) is 0 Å². The van der Waals surface area contributed by atoms with E-state index in [0.29, 0.717) is 11.5 Å². The molecule has 0 aliphatic carbocycles. The van der Waals surface area contributed by atoms with E-state index < -0.39 is 17.6 Å². The van der Waals surface area contributed by atoms with Crippen LogP contribution in [0.2, 0.25) is 0 Å². The summed E-state index contributed by atoms with van der Waals surface area (Å²) in [5, 5.41) is 4.84. The third kappa shape index (κ3) is 3.33. The Bertz CT molecular complexity index is 883. The first-order chi connectivity index (χ1) is 11.3. The van der Waals surface area contributed by atoms with E-state index in [2.05, 4.69) is 10.3 Å². The third-order valence-electron chi connectivity index (χ3n) is 3.18. The number of nitrogens with one attached hydrogen (secondary N) is 1. The van der Waals surface area contributed by atoms with Gasteiger partial charge in [-0.1, -0.05) is 12.1 Å². The number of aryl methyl sites for hydroxylation is 1. The molecule has 0 spiro atoms. The predicted molar refractivity (Wildman–Crippen MR) is 84.0 cm³/mol. The molecule has 0 radical (unpaired) electrons. The highest BCUT2D eigenvalue weighted by molar-refractivity contribution is 7.09. The van der Waals surface area contributed by atoms with Gasteiger partial charge in [0.1, 0.15) is 5.69 Å². The maximum absolute atomic E-state index is 12.9. The van der Waals surface area contributed by atoms with E-state index in [-0.39, 0.29) is 11.4 Å². The Balaban J connectivity index is 1.83. The number of hydrogen-bond donors (Lipinski definition) is 1. The highest BCUT2D eigenvalue weighted by Gasteiger charge is 2.33. The molecule has 0 atom stereocenters. The Morgan fingerprint density at radius 2 is 1.96 bits per heavy atom. The molecule has 3 aromatic rings. The Morgan fingerprint density at radius 1 is 1.21 bits per heavy atom. The Hall–Kier alpha value is -2.61. The van der Waals surface area contributed by atoms with Gasteiger partial charge in [-0.3, -0.25) is 4.79 Å². The number of furan rings is 1. The van der Waals surface area contributed by atoms with Gasteiger partial charge in [-0.25, -0.2) is 4.98 Å². The lowest BCUT2D eigenvalue weighted by atomic mass is 10.1. The summed E-state index contributed by atoms with van der Waals surface area (Å²) in [6, 6.07) is 7.72. The normalized spacial score (nSPS) is 11.5. The summed E-state index contributed by atoms with van der Waals surface area (Å²) in [6.07, 6.45) is -4.56. The molecule has 1 N–H and O–H groups in total. The Morgan fingerprint density at radius 3 is 2.62 bits per heavy atom. The van der Waals surface area contributed by atoms with E-state index >= 15 is 0 Å². The molecule has 0 fully saturated rings. The van der Waals surface area contributed by atoms with Crippen LogP contribution in [0.15, 0.2) is 46.2 Å². The number of rotatable bonds is 3. The van der Waals surface area contributed by atoms with Crippen molar-refractivity contribution in [3.63, 3.8) is 0 Å². The quantitative estimate of drug-likeness (QED) is 0.723. The van der Waals surface area contributed by atoms with Crippen LogP contribution in [-0.2, 0) is 6.18 Å². The molecule has 1 amide bonds. The first kappa shape index (κ1) is 16.3. The van der Waals surface area contributed by atoms with Gasteiger partial charge in [-0.15, -0.1) is 11.3 Å². The fourth-order valence-corrected chi connectivity index (χ4v) is 2.70. The molecule has 124 valence electrons. The summed E-state index contributed by atoms with van der Waals surface area (Å²) in [7, 11) is 0. The number of thiazole rings is 1. The molecule has 2 aromatic heterocycles. The zero-order valence-corrected chi connectivity index (χ0v) is 13.2. The second-order valence-electron chi connectivity index (χ2n) is 4.91.